The minimum Gasteiger partial charge on any atom is -0.508 e. The van der Waals surface area contributed by atoms with E-state index in [4.69, 9.17) is 0 Å². The quantitative estimate of drug-likeness (QED) is 0.754. The largest absolute Gasteiger partial charge is 0.508 e. The van der Waals surface area contributed by atoms with Gasteiger partial charge in [0.15, 0.2) is 0 Å². The Morgan fingerprint density at radius 1 is 1.14 bits per heavy atom. The van der Waals surface area contributed by atoms with E-state index >= 15 is 0 Å². The van der Waals surface area contributed by atoms with Crippen molar-refractivity contribution in [2.24, 2.45) is 0 Å². The van der Waals surface area contributed by atoms with Crippen LogP contribution in [0.25, 0.3) is 0 Å². The maximum Gasteiger partial charge on any atom is 0.119 e. The van der Waals surface area contributed by atoms with E-state index in [1.807, 2.05) is 41.7 Å². The Labute approximate surface area is 94.3 Å². The van der Waals surface area contributed by atoms with Crippen LogP contribution in [-0.2, 0) is 5.75 Å². The second-order valence-electron chi connectivity index (χ2n) is 2.88. The molecule has 1 N–H and O–H groups in total. The van der Waals surface area contributed by atoms with Gasteiger partial charge in [0, 0.05) is 22.8 Å². The summed E-state index contributed by atoms with van der Waals surface area (Å²) in [6, 6.07) is 7.55. The number of thioether (sulfide) groups is 2. The van der Waals surface area contributed by atoms with E-state index in [-0.39, 0.29) is 0 Å². The van der Waals surface area contributed by atoms with E-state index in [9.17, 15) is 5.11 Å². The lowest BCUT2D eigenvalue weighted by atomic mass is 10.2. The van der Waals surface area contributed by atoms with Crippen LogP contribution in [0, 0.1) is 0 Å². The summed E-state index contributed by atoms with van der Waals surface area (Å²) in [5, 5.41) is 9.49. The molecule has 0 aliphatic heterocycles. The Balaban J connectivity index is 2.21. The van der Waals surface area contributed by atoms with E-state index in [2.05, 4.69) is 6.92 Å². The Kier molecular flexibility index (Phi) is 5.96. The third-order valence-corrected chi connectivity index (χ3v) is 3.99. The summed E-state index contributed by atoms with van der Waals surface area (Å²) in [5.41, 5.74) is 1.04. The first-order valence-electron chi connectivity index (χ1n) is 4.77. The summed E-state index contributed by atoms with van der Waals surface area (Å²) in [4.78, 5) is 0. The lowest BCUT2D eigenvalue weighted by Crippen LogP contribution is -1.87. The fourth-order valence-electron chi connectivity index (χ4n) is 1.08. The smallest absolute Gasteiger partial charge is 0.119 e. The van der Waals surface area contributed by atoms with Gasteiger partial charge in [0.25, 0.3) is 0 Å². The van der Waals surface area contributed by atoms with Crippen molar-refractivity contribution >= 4 is 23.5 Å². The SMILES string of the molecule is CCSCCSCc1ccccc1O. The third kappa shape index (κ3) is 4.29. The van der Waals surface area contributed by atoms with Crippen molar-refractivity contribution in [3.8, 4) is 5.75 Å². The van der Waals surface area contributed by atoms with Crippen LogP contribution in [0.5, 0.6) is 5.75 Å². The summed E-state index contributed by atoms with van der Waals surface area (Å²) in [7, 11) is 0. The molecule has 0 amide bonds. The molecule has 1 aromatic rings. The predicted molar refractivity (Wildman–Crippen MR) is 67.3 cm³/mol. The van der Waals surface area contributed by atoms with Crippen molar-refractivity contribution in [2.75, 3.05) is 17.3 Å². The standard InChI is InChI=1S/C11H16OS2/c1-2-13-7-8-14-9-10-5-3-4-6-11(10)12/h3-6,12H,2,7-9H2,1H3. The average Bonchev–Trinajstić information content (AvgIpc) is 2.20. The predicted octanol–water partition coefficient (Wildman–Crippen LogP) is 3.38. The highest BCUT2D eigenvalue weighted by molar-refractivity contribution is 8.02. The molecule has 0 radical (unpaired) electrons. The topological polar surface area (TPSA) is 20.2 Å². The normalized spacial score (nSPS) is 10.4. The Morgan fingerprint density at radius 3 is 2.57 bits per heavy atom. The molecule has 1 nitrogen and oxygen atoms in total. The van der Waals surface area contributed by atoms with Crippen molar-refractivity contribution in [3.63, 3.8) is 0 Å². The number of aromatic hydroxyl groups is 1. The summed E-state index contributed by atoms with van der Waals surface area (Å²) in [6.45, 7) is 2.18. The van der Waals surface area contributed by atoms with Gasteiger partial charge in [-0.05, 0) is 11.8 Å². The zero-order valence-corrected chi connectivity index (χ0v) is 10.0. The van der Waals surface area contributed by atoms with Gasteiger partial charge in [-0.3, -0.25) is 0 Å². The number of phenolic OH excluding ortho intramolecular Hbond substituents is 1. The number of hydrogen-bond acceptors (Lipinski definition) is 3. The Hall–Kier alpha value is -0.280. The highest BCUT2D eigenvalue weighted by atomic mass is 32.2. The first-order valence-corrected chi connectivity index (χ1v) is 7.08. The maximum absolute atomic E-state index is 9.49. The zero-order chi connectivity index (χ0) is 10.2. The van der Waals surface area contributed by atoms with Gasteiger partial charge in [0.2, 0.25) is 0 Å². The van der Waals surface area contributed by atoms with Gasteiger partial charge in [-0.1, -0.05) is 25.1 Å². The molecule has 0 bridgehead atoms. The number of rotatable bonds is 6. The molecule has 0 spiro atoms. The van der Waals surface area contributed by atoms with Crippen LogP contribution in [0.2, 0.25) is 0 Å². The van der Waals surface area contributed by atoms with Gasteiger partial charge in [0.1, 0.15) is 5.75 Å². The van der Waals surface area contributed by atoms with Crippen LogP contribution in [0.1, 0.15) is 12.5 Å². The van der Waals surface area contributed by atoms with Gasteiger partial charge < -0.3 is 5.11 Å². The van der Waals surface area contributed by atoms with Gasteiger partial charge in [-0.2, -0.15) is 23.5 Å². The van der Waals surface area contributed by atoms with Gasteiger partial charge in [0.05, 0.1) is 0 Å². The van der Waals surface area contributed by atoms with Crippen LogP contribution >= 0.6 is 23.5 Å². The number of para-hydroxylation sites is 1. The summed E-state index contributed by atoms with van der Waals surface area (Å²) in [6.07, 6.45) is 0. The van der Waals surface area contributed by atoms with Crippen LogP contribution in [-0.4, -0.2) is 22.4 Å². The lowest BCUT2D eigenvalue weighted by Gasteiger charge is -2.03. The fourth-order valence-corrected chi connectivity index (χ4v) is 2.92. The Bertz CT molecular complexity index is 263. The van der Waals surface area contributed by atoms with Crippen molar-refractivity contribution in [2.45, 2.75) is 12.7 Å². The van der Waals surface area contributed by atoms with Crippen molar-refractivity contribution in [3.05, 3.63) is 29.8 Å². The Morgan fingerprint density at radius 2 is 1.86 bits per heavy atom. The summed E-state index contributed by atoms with van der Waals surface area (Å²) >= 11 is 3.84. The molecule has 14 heavy (non-hydrogen) atoms. The van der Waals surface area contributed by atoms with Crippen molar-refractivity contribution < 1.29 is 5.11 Å². The summed E-state index contributed by atoms with van der Waals surface area (Å²) < 4.78 is 0. The van der Waals surface area contributed by atoms with E-state index in [1.54, 1.807) is 6.07 Å². The number of benzene rings is 1. The van der Waals surface area contributed by atoms with E-state index in [1.165, 1.54) is 11.5 Å². The molecular weight excluding hydrogens is 212 g/mol. The third-order valence-electron chi connectivity index (χ3n) is 1.83. The maximum atomic E-state index is 9.49. The molecule has 3 heteroatoms. The van der Waals surface area contributed by atoms with Crippen molar-refractivity contribution in [1.82, 2.24) is 0 Å². The minimum atomic E-state index is 0.420. The first kappa shape index (κ1) is 11.8. The van der Waals surface area contributed by atoms with Crippen LogP contribution in [0.15, 0.2) is 24.3 Å². The molecule has 0 aliphatic rings. The molecule has 1 rings (SSSR count). The highest BCUT2D eigenvalue weighted by Gasteiger charge is 1.98. The van der Waals surface area contributed by atoms with Crippen LogP contribution < -0.4 is 0 Å². The van der Waals surface area contributed by atoms with Crippen molar-refractivity contribution in [1.29, 1.82) is 0 Å². The molecule has 0 unspecified atom stereocenters. The second kappa shape index (κ2) is 7.07. The number of hydrogen-bond donors (Lipinski definition) is 1. The average molecular weight is 228 g/mol. The summed E-state index contributed by atoms with van der Waals surface area (Å²) in [5.74, 6) is 4.89. The van der Waals surface area contributed by atoms with Gasteiger partial charge >= 0.3 is 0 Å². The molecule has 0 saturated carbocycles. The first-order chi connectivity index (χ1) is 6.84. The molecule has 0 aliphatic carbocycles. The second-order valence-corrected chi connectivity index (χ2v) is 5.38. The van der Waals surface area contributed by atoms with E-state index in [0.29, 0.717) is 5.75 Å². The molecule has 78 valence electrons. The molecular formula is C11H16OS2. The van der Waals surface area contributed by atoms with E-state index in [0.717, 1.165) is 17.1 Å². The number of phenols is 1. The zero-order valence-electron chi connectivity index (χ0n) is 8.40. The fraction of sp³-hybridized carbons (Fsp3) is 0.455. The van der Waals surface area contributed by atoms with E-state index < -0.39 is 0 Å². The minimum absolute atomic E-state index is 0.420. The monoisotopic (exact) mass is 228 g/mol. The van der Waals surface area contributed by atoms with Crippen LogP contribution in [0.3, 0.4) is 0 Å². The van der Waals surface area contributed by atoms with Gasteiger partial charge in [-0.25, -0.2) is 0 Å². The molecule has 0 fully saturated rings. The lowest BCUT2D eigenvalue weighted by molar-refractivity contribution is 0.470. The molecule has 0 heterocycles. The highest BCUT2D eigenvalue weighted by Crippen LogP contribution is 2.21. The molecule has 0 atom stereocenters. The molecule has 0 saturated heterocycles. The molecule has 1 aromatic carbocycles. The van der Waals surface area contributed by atoms with Gasteiger partial charge in [-0.15, -0.1) is 0 Å². The molecule has 0 aromatic heterocycles. The van der Waals surface area contributed by atoms with Crippen LogP contribution in [0.4, 0.5) is 0 Å².